The first-order valence-electron chi connectivity index (χ1n) is 10.4. The van der Waals surface area contributed by atoms with Gasteiger partial charge < -0.3 is 5.32 Å². The van der Waals surface area contributed by atoms with E-state index in [-0.39, 0.29) is 11.9 Å². The second-order valence-electron chi connectivity index (χ2n) is 7.97. The van der Waals surface area contributed by atoms with Gasteiger partial charge in [-0.3, -0.25) is 9.10 Å². The highest BCUT2D eigenvalue weighted by Crippen LogP contribution is 2.26. The highest BCUT2D eigenvalue weighted by atomic mass is 32.2. The maximum Gasteiger partial charge on any atom is 0.303 e. The number of carbonyl (C=O) groups is 1. The summed E-state index contributed by atoms with van der Waals surface area (Å²) in [6.07, 6.45) is 5.53. The van der Waals surface area contributed by atoms with Crippen molar-refractivity contribution in [3.05, 3.63) is 64.7 Å². The minimum Gasteiger partial charge on any atom is -0.345 e. The topological polar surface area (TPSA) is 69.7 Å². The SMILES string of the molecule is CCC(NC(=O)c1ccc(N(C)S(=O)(=O)N(C)C)cc1)c1ccc2c(c1)CCCC2. The molecule has 1 N–H and O–H groups in total. The second kappa shape index (κ2) is 9.18. The molecule has 3 rings (SSSR count). The van der Waals surface area contributed by atoms with Crippen molar-refractivity contribution in [2.75, 3.05) is 25.4 Å². The van der Waals surface area contributed by atoms with Crippen LogP contribution in [-0.2, 0) is 23.1 Å². The lowest BCUT2D eigenvalue weighted by Gasteiger charge is -2.23. The summed E-state index contributed by atoms with van der Waals surface area (Å²) in [6, 6.07) is 13.1. The van der Waals surface area contributed by atoms with Gasteiger partial charge in [0.2, 0.25) is 0 Å². The molecule has 2 aromatic rings. The number of nitrogens with one attached hydrogen (secondary N) is 1. The maximum absolute atomic E-state index is 12.8. The number of nitrogens with zero attached hydrogens (tertiary/aromatic N) is 2. The van der Waals surface area contributed by atoms with Crippen LogP contribution in [0.25, 0.3) is 0 Å². The van der Waals surface area contributed by atoms with Crippen LogP contribution in [0.1, 0.15) is 59.3 Å². The molecule has 1 unspecified atom stereocenters. The maximum atomic E-state index is 12.8. The summed E-state index contributed by atoms with van der Waals surface area (Å²) in [6.45, 7) is 2.06. The van der Waals surface area contributed by atoms with Gasteiger partial charge in [-0.25, -0.2) is 0 Å². The lowest BCUT2D eigenvalue weighted by Crippen LogP contribution is -2.37. The Morgan fingerprint density at radius 3 is 2.23 bits per heavy atom. The molecule has 30 heavy (non-hydrogen) atoms. The zero-order valence-electron chi connectivity index (χ0n) is 18.2. The van der Waals surface area contributed by atoms with Crippen LogP contribution in [0.5, 0.6) is 0 Å². The minimum atomic E-state index is -3.56. The van der Waals surface area contributed by atoms with E-state index in [9.17, 15) is 13.2 Å². The Morgan fingerprint density at radius 2 is 1.63 bits per heavy atom. The zero-order valence-corrected chi connectivity index (χ0v) is 19.0. The molecule has 0 saturated carbocycles. The molecule has 1 atom stereocenters. The van der Waals surface area contributed by atoms with Crippen molar-refractivity contribution in [2.45, 2.75) is 45.1 Å². The number of benzene rings is 2. The van der Waals surface area contributed by atoms with Crippen molar-refractivity contribution in [1.29, 1.82) is 0 Å². The Labute approximate surface area is 180 Å². The lowest BCUT2D eigenvalue weighted by atomic mass is 9.88. The van der Waals surface area contributed by atoms with E-state index < -0.39 is 10.2 Å². The number of fused-ring (bicyclic) bond motifs is 1. The summed E-state index contributed by atoms with van der Waals surface area (Å²) in [5.74, 6) is -0.163. The molecule has 0 aromatic heterocycles. The highest BCUT2D eigenvalue weighted by Gasteiger charge is 2.21. The zero-order chi connectivity index (χ0) is 21.9. The number of rotatable bonds is 7. The van der Waals surface area contributed by atoms with Gasteiger partial charge in [0.05, 0.1) is 11.7 Å². The van der Waals surface area contributed by atoms with E-state index in [1.54, 1.807) is 24.3 Å². The summed E-state index contributed by atoms with van der Waals surface area (Å²) in [5.41, 5.74) is 4.98. The van der Waals surface area contributed by atoms with Crippen LogP contribution in [0.15, 0.2) is 42.5 Å². The Hall–Kier alpha value is -2.38. The number of aryl methyl sites for hydroxylation is 2. The van der Waals surface area contributed by atoms with Crippen molar-refractivity contribution in [2.24, 2.45) is 0 Å². The Bertz CT molecular complexity index is 1000. The minimum absolute atomic E-state index is 0.0544. The molecular formula is C23H31N3O3S. The first-order valence-corrected chi connectivity index (χ1v) is 11.8. The monoisotopic (exact) mass is 429 g/mol. The number of hydrogen-bond acceptors (Lipinski definition) is 3. The molecule has 0 heterocycles. The fourth-order valence-electron chi connectivity index (χ4n) is 3.83. The van der Waals surface area contributed by atoms with Crippen LogP contribution in [0, 0.1) is 0 Å². The van der Waals surface area contributed by atoms with Crippen LogP contribution in [0.4, 0.5) is 5.69 Å². The van der Waals surface area contributed by atoms with Crippen LogP contribution in [0.3, 0.4) is 0 Å². The van der Waals surface area contributed by atoms with Gasteiger partial charge >= 0.3 is 10.2 Å². The summed E-state index contributed by atoms with van der Waals surface area (Å²) in [4.78, 5) is 12.8. The smallest absolute Gasteiger partial charge is 0.303 e. The van der Waals surface area contributed by atoms with Crippen molar-refractivity contribution in [3.8, 4) is 0 Å². The quantitative estimate of drug-likeness (QED) is 0.730. The van der Waals surface area contributed by atoms with E-state index in [0.717, 1.165) is 29.1 Å². The van der Waals surface area contributed by atoms with Gasteiger partial charge in [0, 0.05) is 26.7 Å². The first-order chi connectivity index (χ1) is 14.2. The van der Waals surface area contributed by atoms with Gasteiger partial charge in [-0.05, 0) is 73.1 Å². The molecule has 0 spiro atoms. The summed E-state index contributed by atoms with van der Waals surface area (Å²) < 4.78 is 26.9. The van der Waals surface area contributed by atoms with E-state index in [0.29, 0.717) is 11.3 Å². The number of carbonyl (C=O) groups excluding carboxylic acids is 1. The van der Waals surface area contributed by atoms with Crippen molar-refractivity contribution >= 4 is 21.8 Å². The van der Waals surface area contributed by atoms with Gasteiger partial charge in [0.25, 0.3) is 5.91 Å². The van der Waals surface area contributed by atoms with E-state index in [1.807, 2.05) is 0 Å². The molecule has 0 aliphatic heterocycles. The van der Waals surface area contributed by atoms with Gasteiger partial charge in [-0.15, -0.1) is 0 Å². The largest absolute Gasteiger partial charge is 0.345 e. The average Bonchev–Trinajstić information content (AvgIpc) is 2.76. The second-order valence-corrected chi connectivity index (χ2v) is 10.1. The molecule has 1 aliphatic rings. The van der Waals surface area contributed by atoms with E-state index >= 15 is 0 Å². The number of amides is 1. The van der Waals surface area contributed by atoms with Crippen LogP contribution in [0.2, 0.25) is 0 Å². The summed E-state index contributed by atoms with van der Waals surface area (Å²) in [7, 11) is 0.901. The molecule has 2 aromatic carbocycles. The third-order valence-electron chi connectivity index (χ3n) is 5.79. The Kier molecular flexibility index (Phi) is 6.83. The highest BCUT2D eigenvalue weighted by molar-refractivity contribution is 7.90. The average molecular weight is 430 g/mol. The standard InChI is InChI=1S/C23H31N3O3S/c1-5-22(20-11-10-17-8-6-7-9-19(17)16-20)24-23(27)18-12-14-21(15-13-18)26(4)30(28,29)25(2)3/h10-16,22H,5-9H2,1-4H3,(H,24,27). The fourth-order valence-corrected chi connectivity index (χ4v) is 4.71. The first kappa shape index (κ1) is 22.3. The molecule has 0 radical (unpaired) electrons. The molecule has 1 aliphatic carbocycles. The normalized spacial score (nSPS) is 14.8. The number of anilines is 1. The summed E-state index contributed by atoms with van der Waals surface area (Å²) >= 11 is 0. The molecule has 0 saturated heterocycles. The van der Waals surface area contributed by atoms with Gasteiger partial charge in [-0.2, -0.15) is 12.7 Å². The van der Waals surface area contributed by atoms with Crippen molar-refractivity contribution < 1.29 is 13.2 Å². The Morgan fingerprint density at radius 1 is 1.00 bits per heavy atom. The summed E-state index contributed by atoms with van der Waals surface area (Å²) in [5, 5.41) is 3.12. The molecule has 0 fully saturated rings. The van der Waals surface area contributed by atoms with E-state index in [1.165, 1.54) is 49.4 Å². The third kappa shape index (κ3) is 4.68. The van der Waals surface area contributed by atoms with Gasteiger partial charge in [0.15, 0.2) is 0 Å². The molecule has 0 bridgehead atoms. The van der Waals surface area contributed by atoms with Crippen LogP contribution in [-0.4, -0.2) is 39.8 Å². The van der Waals surface area contributed by atoms with E-state index in [2.05, 4.69) is 30.4 Å². The predicted molar refractivity (Wildman–Crippen MR) is 121 cm³/mol. The molecule has 1 amide bonds. The van der Waals surface area contributed by atoms with Gasteiger partial charge in [0.1, 0.15) is 0 Å². The third-order valence-corrected chi connectivity index (χ3v) is 7.61. The van der Waals surface area contributed by atoms with Crippen molar-refractivity contribution in [1.82, 2.24) is 9.62 Å². The fraction of sp³-hybridized carbons (Fsp3) is 0.435. The van der Waals surface area contributed by atoms with Crippen molar-refractivity contribution in [3.63, 3.8) is 0 Å². The van der Waals surface area contributed by atoms with Gasteiger partial charge in [-0.1, -0.05) is 25.1 Å². The number of hydrogen-bond donors (Lipinski definition) is 1. The molecular weight excluding hydrogens is 398 g/mol. The molecule has 7 heteroatoms. The van der Waals surface area contributed by atoms with E-state index in [4.69, 9.17) is 0 Å². The van der Waals surface area contributed by atoms with Crippen LogP contribution >= 0.6 is 0 Å². The Balaban J connectivity index is 1.73. The molecule has 162 valence electrons. The van der Waals surface area contributed by atoms with Crippen LogP contribution < -0.4 is 9.62 Å². The molecule has 6 nitrogen and oxygen atoms in total. The predicted octanol–water partition coefficient (Wildman–Crippen LogP) is 3.69. The lowest BCUT2D eigenvalue weighted by molar-refractivity contribution is 0.0935.